The quantitative estimate of drug-likeness (QED) is 0.644. The smallest absolute Gasteiger partial charge is 0.410 e. The molecule has 0 saturated carbocycles. The standard InChI is InChI=1S/C15H27NO5/c1-6-8-12(17)9-10-16(11-13(18)20-7-2)14(19)21-15(3,4)5/h6-11H2,1-5H3. The summed E-state index contributed by atoms with van der Waals surface area (Å²) in [6.45, 7) is 9.05. The molecule has 0 aromatic carbocycles. The first-order valence-corrected chi connectivity index (χ1v) is 7.34. The van der Waals surface area contributed by atoms with E-state index in [1.54, 1.807) is 27.7 Å². The van der Waals surface area contributed by atoms with Crippen LogP contribution in [0.25, 0.3) is 0 Å². The Balaban J connectivity index is 4.64. The highest BCUT2D eigenvalue weighted by molar-refractivity contribution is 5.81. The van der Waals surface area contributed by atoms with E-state index >= 15 is 0 Å². The van der Waals surface area contributed by atoms with Crippen LogP contribution in [0, 0.1) is 0 Å². The van der Waals surface area contributed by atoms with E-state index in [-0.39, 0.29) is 31.9 Å². The molecule has 0 saturated heterocycles. The molecular weight excluding hydrogens is 274 g/mol. The van der Waals surface area contributed by atoms with Gasteiger partial charge in [-0.15, -0.1) is 0 Å². The molecule has 0 radical (unpaired) electrons. The van der Waals surface area contributed by atoms with Crippen LogP contribution in [0.5, 0.6) is 0 Å². The fourth-order valence-corrected chi connectivity index (χ4v) is 1.59. The van der Waals surface area contributed by atoms with Crippen LogP contribution in [0.4, 0.5) is 4.79 Å². The van der Waals surface area contributed by atoms with Crippen molar-refractivity contribution in [1.82, 2.24) is 4.90 Å². The van der Waals surface area contributed by atoms with Crippen molar-refractivity contribution in [1.29, 1.82) is 0 Å². The molecule has 0 aliphatic heterocycles. The normalized spacial score (nSPS) is 10.9. The zero-order valence-corrected chi connectivity index (χ0v) is 13.7. The number of Topliss-reactive ketones (excluding diaryl/α,β-unsaturated/α-hetero) is 1. The summed E-state index contributed by atoms with van der Waals surface area (Å²) in [5.41, 5.74) is -0.655. The average molecular weight is 301 g/mol. The Morgan fingerprint density at radius 2 is 1.67 bits per heavy atom. The number of carbonyl (C=O) groups is 3. The molecule has 0 aromatic rings. The van der Waals surface area contributed by atoms with Crippen LogP contribution in [0.1, 0.15) is 53.9 Å². The van der Waals surface area contributed by atoms with Crippen LogP contribution in [0.15, 0.2) is 0 Å². The van der Waals surface area contributed by atoms with Gasteiger partial charge in [0.1, 0.15) is 17.9 Å². The second-order valence-electron chi connectivity index (χ2n) is 5.75. The maximum atomic E-state index is 12.1. The van der Waals surface area contributed by atoms with Crippen molar-refractivity contribution in [3.8, 4) is 0 Å². The Morgan fingerprint density at radius 1 is 1.05 bits per heavy atom. The van der Waals surface area contributed by atoms with Gasteiger partial charge in [0.15, 0.2) is 0 Å². The number of ketones is 1. The van der Waals surface area contributed by atoms with Gasteiger partial charge in [-0.2, -0.15) is 0 Å². The van der Waals surface area contributed by atoms with Gasteiger partial charge < -0.3 is 9.47 Å². The lowest BCUT2D eigenvalue weighted by atomic mass is 10.2. The molecule has 0 rings (SSSR count). The second-order valence-corrected chi connectivity index (χ2v) is 5.75. The lowest BCUT2D eigenvalue weighted by Crippen LogP contribution is -2.41. The number of ether oxygens (including phenoxy) is 2. The van der Waals surface area contributed by atoms with Gasteiger partial charge >= 0.3 is 12.1 Å². The first-order valence-electron chi connectivity index (χ1n) is 7.34. The molecule has 0 N–H and O–H groups in total. The van der Waals surface area contributed by atoms with Gasteiger partial charge in [0.05, 0.1) is 6.61 Å². The van der Waals surface area contributed by atoms with E-state index in [4.69, 9.17) is 9.47 Å². The molecule has 1 amide bonds. The summed E-state index contributed by atoms with van der Waals surface area (Å²) >= 11 is 0. The summed E-state index contributed by atoms with van der Waals surface area (Å²) in [5.74, 6) is -0.443. The summed E-state index contributed by atoms with van der Waals surface area (Å²) in [4.78, 5) is 36.4. The van der Waals surface area contributed by atoms with Gasteiger partial charge in [0.2, 0.25) is 0 Å². The van der Waals surface area contributed by atoms with Crippen molar-refractivity contribution >= 4 is 17.8 Å². The van der Waals surface area contributed by atoms with Crippen LogP contribution in [0.2, 0.25) is 0 Å². The van der Waals surface area contributed by atoms with E-state index in [0.717, 1.165) is 6.42 Å². The van der Waals surface area contributed by atoms with Crippen LogP contribution < -0.4 is 0 Å². The summed E-state index contributed by atoms with van der Waals surface area (Å²) in [5, 5.41) is 0. The fourth-order valence-electron chi connectivity index (χ4n) is 1.59. The predicted octanol–water partition coefficient (Wildman–Crippen LogP) is 2.55. The first-order chi connectivity index (χ1) is 9.69. The number of hydrogen-bond acceptors (Lipinski definition) is 5. The predicted molar refractivity (Wildman–Crippen MR) is 79.0 cm³/mol. The molecule has 0 aromatic heterocycles. The average Bonchev–Trinajstić information content (AvgIpc) is 2.32. The van der Waals surface area contributed by atoms with Crippen molar-refractivity contribution in [3.63, 3.8) is 0 Å². The number of hydrogen-bond donors (Lipinski definition) is 0. The van der Waals surface area contributed by atoms with Crippen LogP contribution in [-0.4, -0.2) is 48.0 Å². The third kappa shape index (κ3) is 9.87. The van der Waals surface area contributed by atoms with E-state index in [2.05, 4.69) is 0 Å². The highest BCUT2D eigenvalue weighted by atomic mass is 16.6. The Kier molecular flexibility index (Phi) is 8.66. The van der Waals surface area contributed by atoms with Gasteiger partial charge in [-0.3, -0.25) is 14.5 Å². The maximum Gasteiger partial charge on any atom is 0.410 e. The summed E-state index contributed by atoms with van der Waals surface area (Å²) < 4.78 is 10.1. The number of nitrogens with zero attached hydrogens (tertiary/aromatic N) is 1. The molecule has 0 fully saturated rings. The van der Waals surface area contributed by atoms with Crippen LogP contribution >= 0.6 is 0 Å². The summed E-state index contributed by atoms with van der Waals surface area (Å²) in [6, 6.07) is 0. The molecule has 21 heavy (non-hydrogen) atoms. The molecular formula is C15H27NO5. The van der Waals surface area contributed by atoms with E-state index in [1.807, 2.05) is 6.92 Å². The largest absolute Gasteiger partial charge is 0.465 e. The Bertz CT molecular complexity index is 360. The van der Waals surface area contributed by atoms with E-state index < -0.39 is 17.7 Å². The van der Waals surface area contributed by atoms with Crippen LogP contribution in [0.3, 0.4) is 0 Å². The lowest BCUT2D eigenvalue weighted by molar-refractivity contribution is -0.144. The molecule has 0 aliphatic carbocycles. The second kappa shape index (κ2) is 9.37. The monoisotopic (exact) mass is 301 g/mol. The Labute approximate surface area is 126 Å². The van der Waals surface area contributed by atoms with Crippen molar-refractivity contribution in [3.05, 3.63) is 0 Å². The molecule has 0 atom stereocenters. The molecule has 0 heterocycles. The minimum absolute atomic E-state index is 0.0647. The van der Waals surface area contributed by atoms with E-state index in [0.29, 0.717) is 6.42 Å². The molecule has 0 spiro atoms. The number of rotatable bonds is 8. The topological polar surface area (TPSA) is 72.9 Å². The van der Waals surface area contributed by atoms with Crippen molar-refractivity contribution in [2.24, 2.45) is 0 Å². The number of carbonyl (C=O) groups excluding carboxylic acids is 3. The summed E-state index contributed by atoms with van der Waals surface area (Å²) in [7, 11) is 0. The van der Waals surface area contributed by atoms with Gasteiger partial charge in [-0.25, -0.2) is 4.79 Å². The van der Waals surface area contributed by atoms with Gasteiger partial charge in [0.25, 0.3) is 0 Å². The molecule has 122 valence electrons. The van der Waals surface area contributed by atoms with Crippen molar-refractivity contribution in [2.45, 2.75) is 59.5 Å². The molecule has 0 bridgehead atoms. The highest BCUT2D eigenvalue weighted by Crippen LogP contribution is 2.11. The minimum Gasteiger partial charge on any atom is -0.465 e. The van der Waals surface area contributed by atoms with Crippen LogP contribution in [-0.2, 0) is 19.1 Å². The van der Waals surface area contributed by atoms with Gasteiger partial charge in [-0.05, 0) is 34.1 Å². The SMILES string of the molecule is CCCC(=O)CCN(CC(=O)OCC)C(=O)OC(C)(C)C. The van der Waals surface area contributed by atoms with Crippen molar-refractivity contribution in [2.75, 3.05) is 19.7 Å². The van der Waals surface area contributed by atoms with Gasteiger partial charge in [0, 0.05) is 19.4 Å². The maximum absolute atomic E-state index is 12.1. The minimum atomic E-state index is -0.655. The Morgan fingerprint density at radius 3 is 2.14 bits per heavy atom. The van der Waals surface area contributed by atoms with Crippen molar-refractivity contribution < 1.29 is 23.9 Å². The fraction of sp³-hybridized carbons (Fsp3) is 0.800. The van der Waals surface area contributed by atoms with E-state index in [1.165, 1.54) is 4.90 Å². The summed E-state index contributed by atoms with van der Waals surface area (Å²) in [6.07, 6.45) is 0.844. The Hall–Kier alpha value is -1.59. The third-order valence-electron chi connectivity index (χ3n) is 2.47. The first kappa shape index (κ1) is 19.4. The molecule has 0 aliphatic rings. The zero-order chi connectivity index (χ0) is 16.5. The molecule has 0 unspecified atom stereocenters. The number of esters is 1. The number of amides is 1. The zero-order valence-electron chi connectivity index (χ0n) is 13.7. The molecule has 6 nitrogen and oxygen atoms in total. The molecule has 6 heteroatoms. The highest BCUT2D eigenvalue weighted by Gasteiger charge is 2.24. The third-order valence-corrected chi connectivity index (χ3v) is 2.47. The lowest BCUT2D eigenvalue weighted by Gasteiger charge is -2.26. The van der Waals surface area contributed by atoms with E-state index in [9.17, 15) is 14.4 Å². The van der Waals surface area contributed by atoms with Gasteiger partial charge in [-0.1, -0.05) is 6.92 Å².